The van der Waals surface area contributed by atoms with Crippen molar-refractivity contribution < 1.29 is 37.3 Å². The van der Waals surface area contributed by atoms with Crippen molar-refractivity contribution in [1.82, 2.24) is 5.32 Å². The van der Waals surface area contributed by atoms with Gasteiger partial charge in [0.15, 0.2) is 0 Å². The Bertz CT molecular complexity index is 684. The second-order valence-corrected chi connectivity index (χ2v) is 5.05. The summed E-state index contributed by atoms with van der Waals surface area (Å²) in [6.45, 7) is -0.177. The summed E-state index contributed by atoms with van der Waals surface area (Å²) in [6, 6.07) is 2.81. The number of hydrogen-bond donors (Lipinski definition) is 2. The highest BCUT2D eigenvalue weighted by Crippen LogP contribution is 2.30. The molecule has 130 valence electrons. The maximum Gasteiger partial charge on any atom is 0.391 e. The van der Waals surface area contributed by atoms with Gasteiger partial charge in [0.05, 0.1) is 19.1 Å². The summed E-state index contributed by atoms with van der Waals surface area (Å²) < 4.78 is 47.5. The van der Waals surface area contributed by atoms with Crippen molar-refractivity contribution >= 4 is 18.0 Å². The van der Waals surface area contributed by atoms with Crippen LogP contribution in [0.1, 0.15) is 12.0 Å². The molecule has 0 saturated heterocycles. The van der Waals surface area contributed by atoms with E-state index in [1.54, 1.807) is 18.2 Å². The van der Waals surface area contributed by atoms with Gasteiger partial charge in [-0.1, -0.05) is 0 Å². The van der Waals surface area contributed by atoms with Crippen molar-refractivity contribution in [3.05, 3.63) is 29.3 Å². The third-order valence-corrected chi connectivity index (χ3v) is 3.26. The van der Waals surface area contributed by atoms with Crippen LogP contribution in [0.2, 0.25) is 0 Å². The average molecular weight is 345 g/mol. The van der Waals surface area contributed by atoms with Crippen molar-refractivity contribution in [2.24, 2.45) is 0 Å². The Morgan fingerprint density at radius 3 is 2.71 bits per heavy atom. The molecule has 9 heteroatoms. The molecule has 1 heterocycles. The number of fused-ring (bicyclic) bond motifs is 1. The molecule has 1 aliphatic rings. The number of carboxylic acid groups (broad SMARTS) is 1. The summed E-state index contributed by atoms with van der Waals surface area (Å²) in [5, 5.41) is 10.7. The Morgan fingerprint density at radius 2 is 2.12 bits per heavy atom. The van der Waals surface area contributed by atoms with Crippen LogP contribution in [0.3, 0.4) is 0 Å². The van der Waals surface area contributed by atoms with E-state index in [0.717, 1.165) is 0 Å². The number of carbonyl (C=O) groups excluding carboxylic acids is 1. The van der Waals surface area contributed by atoms with E-state index in [4.69, 9.17) is 14.6 Å². The number of halogens is 3. The Labute approximate surface area is 134 Å². The first-order valence-corrected chi connectivity index (χ1v) is 6.81. The van der Waals surface area contributed by atoms with Crippen molar-refractivity contribution in [1.29, 1.82) is 0 Å². The van der Waals surface area contributed by atoms with E-state index in [9.17, 15) is 22.8 Å². The summed E-state index contributed by atoms with van der Waals surface area (Å²) in [5.41, 5.74) is 0.526. The molecule has 0 saturated carbocycles. The van der Waals surface area contributed by atoms with Gasteiger partial charge < -0.3 is 19.9 Å². The number of amides is 1. The lowest BCUT2D eigenvalue weighted by Gasteiger charge is -2.20. The number of ether oxygens (including phenoxy) is 2. The molecule has 1 unspecified atom stereocenters. The van der Waals surface area contributed by atoms with Gasteiger partial charge in [0.2, 0.25) is 0 Å². The standard InChI is InChI=1S/C15H14F3NO5/c1-23-10-2-3-12-8(5-10)4-9(7-24-12)13(20)19-11(14(21)22)6-15(16,17)18/h2-5,11H,6-7H2,1H3,(H,19,20)(H,21,22). The lowest BCUT2D eigenvalue weighted by atomic mass is 10.1. The maximum absolute atomic E-state index is 12.4. The van der Waals surface area contributed by atoms with Crippen LogP contribution in [0.4, 0.5) is 13.2 Å². The molecule has 6 nitrogen and oxygen atoms in total. The smallest absolute Gasteiger partial charge is 0.391 e. The van der Waals surface area contributed by atoms with Gasteiger partial charge in [-0.2, -0.15) is 13.2 Å². The van der Waals surface area contributed by atoms with Gasteiger partial charge in [-0.15, -0.1) is 0 Å². The molecule has 0 bridgehead atoms. The second-order valence-electron chi connectivity index (χ2n) is 5.05. The third-order valence-electron chi connectivity index (χ3n) is 3.26. The second kappa shape index (κ2) is 6.81. The van der Waals surface area contributed by atoms with Gasteiger partial charge in [0.1, 0.15) is 24.1 Å². The number of nitrogens with one attached hydrogen (secondary N) is 1. The van der Waals surface area contributed by atoms with Crippen molar-refractivity contribution in [3.8, 4) is 11.5 Å². The van der Waals surface area contributed by atoms with E-state index >= 15 is 0 Å². The van der Waals surface area contributed by atoms with Crippen molar-refractivity contribution in [2.75, 3.05) is 13.7 Å². The lowest BCUT2D eigenvalue weighted by Crippen LogP contribution is -2.44. The van der Waals surface area contributed by atoms with Crippen LogP contribution in [-0.4, -0.2) is 42.9 Å². The fourth-order valence-corrected chi connectivity index (χ4v) is 2.10. The zero-order valence-corrected chi connectivity index (χ0v) is 12.5. The van der Waals surface area contributed by atoms with Crippen LogP contribution in [0.15, 0.2) is 23.8 Å². The van der Waals surface area contributed by atoms with Gasteiger partial charge in [0.25, 0.3) is 5.91 Å². The molecule has 0 aliphatic carbocycles. The average Bonchev–Trinajstić information content (AvgIpc) is 2.51. The van der Waals surface area contributed by atoms with Crippen molar-refractivity contribution in [3.63, 3.8) is 0 Å². The van der Waals surface area contributed by atoms with E-state index in [2.05, 4.69) is 0 Å². The van der Waals surface area contributed by atoms with Crippen LogP contribution in [0.25, 0.3) is 6.08 Å². The van der Waals surface area contributed by atoms with Crippen LogP contribution >= 0.6 is 0 Å². The highest BCUT2D eigenvalue weighted by Gasteiger charge is 2.36. The summed E-state index contributed by atoms with van der Waals surface area (Å²) >= 11 is 0. The lowest BCUT2D eigenvalue weighted by molar-refractivity contribution is -0.159. The van der Waals surface area contributed by atoms with E-state index in [1.807, 2.05) is 5.32 Å². The molecule has 1 aromatic carbocycles. The SMILES string of the molecule is COc1ccc2c(c1)C=C(C(=O)NC(CC(F)(F)F)C(=O)O)CO2. The first-order chi connectivity index (χ1) is 11.2. The van der Waals surface area contributed by atoms with E-state index < -0.39 is 30.5 Å². The van der Waals surface area contributed by atoms with E-state index in [0.29, 0.717) is 17.1 Å². The molecular weight excluding hydrogens is 331 g/mol. The number of hydrogen-bond acceptors (Lipinski definition) is 4. The number of methoxy groups -OCH3 is 1. The minimum absolute atomic E-state index is 0.0178. The Hall–Kier alpha value is -2.71. The zero-order chi connectivity index (χ0) is 17.9. The van der Waals surface area contributed by atoms with Gasteiger partial charge in [-0.25, -0.2) is 4.79 Å². The van der Waals surface area contributed by atoms with Gasteiger partial charge >= 0.3 is 12.1 Å². The highest BCUT2D eigenvalue weighted by atomic mass is 19.4. The predicted molar refractivity (Wildman–Crippen MR) is 76.7 cm³/mol. The van der Waals surface area contributed by atoms with Gasteiger partial charge in [-0.05, 0) is 24.3 Å². The van der Waals surface area contributed by atoms with E-state index in [-0.39, 0.29) is 12.2 Å². The molecule has 1 aromatic rings. The van der Waals surface area contributed by atoms with Crippen LogP contribution in [0.5, 0.6) is 11.5 Å². The number of rotatable bonds is 5. The zero-order valence-electron chi connectivity index (χ0n) is 12.5. The summed E-state index contributed by atoms with van der Waals surface area (Å²) in [5.74, 6) is -1.70. The molecule has 0 radical (unpaired) electrons. The minimum atomic E-state index is -4.71. The molecule has 1 amide bonds. The topological polar surface area (TPSA) is 84.9 Å². The first-order valence-electron chi connectivity index (χ1n) is 6.81. The summed E-state index contributed by atoms with van der Waals surface area (Å²) in [4.78, 5) is 22.9. The first kappa shape index (κ1) is 17.6. The molecule has 0 aromatic heterocycles. The third kappa shape index (κ3) is 4.40. The fourth-order valence-electron chi connectivity index (χ4n) is 2.10. The van der Waals surface area contributed by atoms with Crippen molar-refractivity contribution in [2.45, 2.75) is 18.6 Å². The van der Waals surface area contributed by atoms with Gasteiger partial charge in [0, 0.05) is 5.56 Å². The van der Waals surface area contributed by atoms with Crippen LogP contribution in [0, 0.1) is 0 Å². The highest BCUT2D eigenvalue weighted by molar-refractivity contribution is 6.00. The van der Waals surface area contributed by atoms with Crippen LogP contribution < -0.4 is 14.8 Å². The maximum atomic E-state index is 12.4. The number of carboxylic acids is 1. The molecule has 2 N–H and O–H groups in total. The fraction of sp³-hybridized carbons (Fsp3) is 0.333. The molecular formula is C15H14F3NO5. The number of carbonyl (C=O) groups is 2. The number of alkyl halides is 3. The quantitative estimate of drug-likeness (QED) is 0.853. The summed E-state index contributed by atoms with van der Waals surface area (Å²) in [7, 11) is 1.46. The van der Waals surface area contributed by atoms with Gasteiger partial charge in [-0.3, -0.25) is 4.79 Å². The normalized spacial score (nSPS) is 14.8. The number of benzene rings is 1. The largest absolute Gasteiger partial charge is 0.497 e. The Morgan fingerprint density at radius 1 is 1.42 bits per heavy atom. The molecule has 1 atom stereocenters. The van der Waals surface area contributed by atoms with Crippen LogP contribution in [-0.2, 0) is 9.59 Å². The van der Waals surface area contributed by atoms with E-state index in [1.165, 1.54) is 13.2 Å². The molecule has 24 heavy (non-hydrogen) atoms. The molecule has 0 fully saturated rings. The molecule has 2 rings (SSSR count). The molecule has 1 aliphatic heterocycles. The summed E-state index contributed by atoms with van der Waals surface area (Å²) in [6.07, 6.45) is -4.95. The Kier molecular flexibility index (Phi) is 5.01. The Balaban J connectivity index is 2.16. The molecule has 0 spiro atoms. The minimum Gasteiger partial charge on any atom is -0.497 e. The predicted octanol–water partition coefficient (Wildman–Crippen LogP) is 1.99. The number of aliphatic carboxylic acids is 1. The monoisotopic (exact) mass is 345 g/mol.